The molecule has 1 heterocycles. The van der Waals surface area contributed by atoms with Crippen LogP contribution < -0.4 is 0 Å². The number of unbranched alkanes of at least 4 members (excludes halogenated alkanes) is 2. The molecule has 3 nitrogen and oxygen atoms in total. The maximum atomic E-state index is 12.2. The first-order valence-corrected chi connectivity index (χ1v) is 7.85. The minimum atomic E-state index is 0.107. The number of hydrogen-bond acceptors (Lipinski definition) is 2. The highest BCUT2D eigenvalue weighted by Gasteiger charge is 2.10. The molecule has 0 bridgehead atoms. The Morgan fingerprint density at radius 2 is 1.68 bits per heavy atom. The third-order valence-electron chi connectivity index (χ3n) is 3.87. The van der Waals surface area contributed by atoms with Gasteiger partial charge in [0.05, 0.1) is 11.0 Å². The smallest absolute Gasteiger partial charge is 0.198 e. The van der Waals surface area contributed by atoms with Gasteiger partial charge in [0, 0.05) is 6.42 Å². The van der Waals surface area contributed by atoms with E-state index in [9.17, 15) is 4.79 Å². The van der Waals surface area contributed by atoms with E-state index in [1.54, 1.807) is 0 Å². The van der Waals surface area contributed by atoms with E-state index in [0.29, 0.717) is 12.2 Å². The fourth-order valence-electron chi connectivity index (χ4n) is 2.64. The molecular formula is C19H20N2O. The number of carbonyl (C=O) groups excluding carboxylic acids is 1. The van der Waals surface area contributed by atoms with Crippen LogP contribution in [-0.2, 0) is 6.42 Å². The van der Waals surface area contributed by atoms with Crippen LogP contribution >= 0.6 is 0 Å². The summed E-state index contributed by atoms with van der Waals surface area (Å²) in [7, 11) is 0. The molecule has 1 N–H and O–H groups in total. The highest BCUT2D eigenvalue weighted by molar-refractivity contribution is 5.95. The number of rotatable bonds is 7. The number of aryl methyl sites for hydroxylation is 1. The number of nitrogens with zero attached hydrogens (tertiary/aromatic N) is 1. The van der Waals surface area contributed by atoms with Crippen LogP contribution in [0.4, 0.5) is 0 Å². The number of para-hydroxylation sites is 2. The molecule has 3 aromatic rings. The Balaban J connectivity index is 1.44. The van der Waals surface area contributed by atoms with Gasteiger partial charge in [-0.25, -0.2) is 4.98 Å². The molecule has 0 unspecified atom stereocenters. The van der Waals surface area contributed by atoms with E-state index in [2.05, 4.69) is 34.2 Å². The van der Waals surface area contributed by atoms with Gasteiger partial charge in [-0.2, -0.15) is 0 Å². The quantitative estimate of drug-likeness (QED) is 0.513. The van der Waals surface area contributed by atoms with E-state index in [4.69, 9.17) is 0 Å². The Kier molecular flexibility index (Phi) is 4.64. The molecule has 0 atom stereocenters. The van der Waals surface area contributed by atoms with Crippen molar-refractivity contribution in [3.05, 3.63) is 66.0 Å². The molecule has 3 heteroatoms. The first-order valence-electron chi connectivity index (χ1n) is 7.85. The predicted molar refractivity (Wildman–Crippen MR) is 89.0 cm³/mol. The van der Waals surface area contributed by atoms with Gasteiger partial charge >= 0.3 is 0 Å². The average molecular weight is 292 g/mol. The number of nitrogens with one attached hydrogen (secondary N) is 1. The number of carbonyl (C=O) groups is 1. The lowest BCUT2D eigenvalue weighted by molar-refractivity contribution is 0.0970. The second kappa shape index (κ2) is 7.03. The molecule has 0 aliphatic heterocycles. The molecule has 112 valence electrons. The van der Waals surface area contributed by atoms with Crippen LogP contribution in [0.25, 0.3) is 11.0 Å². The summed E-state index contributed by atoms with van der Waals surface area (Å²) in [5.74, 6) is 0.597. The number of fused-ring (bicyclic) bond motifs is 1. The highest BCUT2D eigenvalue weighted by Crippen LogP contribution is 2.13. The Bertz CT molecular complexity index is 713. The van der Waals surface area contributed by atoms with Crippen molar-refractivity contribution in [2.24, 2.45) is 0 Å². The summed E-state index contributed by atoms with van der Waals surface area (Å²) in [6.07, 6.45) is 4.76. The number of aromatic amines is 1. The zero-order valence-electron chi connectivity index (χ0n) is 12.6. The van der Waals surface area contributed by atoms with E-state index < -0.39 is 0 Å². The Labute approximate surface area is 130 Å². The molecule has 3 rings (SSSR count). The topological polar surface area (TPSA) is 45.8 Å². The summed E-state index contributed by atoms with van der Waals surface area (Å²) in [4.78, 5) is 19.6. The molecule has 0 radical (unpaired) electrons. The summed E-state index contributed by atoms with van der Waals surface area (Å²) < 4.78 is 0. The number of H-pyrrole nitrogens is 1. The predicted octanol–water partition coefficient (Wildman–Crippen LogP) is 4.55. The average Bonchev–Trinajstić information content (AvgIpc) is 2.99. The fraction of sp³-hybridized carbons (Fsp3) is 0.263. The molecular weight excluding hydrogens is 272 g/mol. The van der Waals surface area contributed by atoms with Gasteiger partial charge in [0.2, 0.25) is 0 Å². The number of imidazole rings is 1. The third kappa shape index (κ3) is 3.61. The van der Waals surface area contributed by atoms with Crippen molar-refractivity contribution in [1.29, 1.82) is 0 Å². The Hall–Kier alpha value is -2.42. The van der Waals surface area contributed by atoms with Gasteiger partial charge in [-0.15, -0.1) is 0 Å². The second-order valence-corrected chi connectivity index (χ2v) is 5.57. The molecule has 22 heavy (non-hydrogen) atoms. The van der Waals surface area contributed by atoms with Crippen molar-refractivity contribution in [1.82, 2.24) is 9.97 Å². The first kappa shape index (κ1) is 14.5. The minimum absolute atomic E-state index is 0.107. The maximum absolute atomic E-state index is 12.2. The van der Waals surface area contributed by atoms with E-state index in [0.717, 1.165) is 36.7 Å². The summed E-state index contributed by atoms with van der Waals surface area (Å²) in [5, 5.41) is 0. The van der Waals surface area contributed by atoms with Crippen molar-refractivity contribution >= 4 is 16.8 Å². The monoisotopic (exact) mass is 292 g/mol. The van der Waals surface area contributed by atoms with Crippen molar-refractivity contribution in [2.45, 2.75) is 32.1 Å². The van der Waals surface area contributed by atoms with E-state index >= 15 is 0 Å². The van der Waals surface area contributed by atoms with Crippen molar-refractivity contribution in [3.8, 4) is 0 Å². The van der Waals surface area contributed by atoms with Crippen LogP contribution in [-0.4, -0.2) is 15.8 Å². The van der Waals surface area contributed by atoms with Gasteiger partial charge < -0.3 is 4.98 Å². The third-order valence-corrected chi connectivity index (χ3v) is 3.87. The number of benzene rings is 2. The highest BCUT2D eigenvalue weighted by atomic mass is 16.1. The second-order valence-electron chi connectivity index (χ2n) is 5.57. The zero-order valence-corrected chi connectivity index (χ0v) is 12.6. The molecule has 0 aliphatic rings. The molecule has 0 saturated carbocycles. The standard InChI is InChI=1S/C19H20N2O/c22-18(19-20-16-12-7-8-13-17(16)21-19)14-6-2-5-11-15-9-3-1-4-10-15/h1,3-4,7-10,12-13H,2,5-6,11,14H2,(H,20,21). The van der Waals surface area contributed by atoms with Crippen molar-refractivity contribution in [2.75, 3.05) is 0 Å². The summed E-state index contributed by atoms with van der Waals surface area (Å²) >= 11 is 0. The lowest BCUT2D eigenvalue weighted by Crippen LogP contribution is -2.01. The first-order chi connectivity index (χ1) is 10.8. The van der Waals surface area contributed by atoms with Crippen LogP contribution in [0.1, 0.15) is 41.9 Å². The Morgan fingerprint density at radius 3 is 2.50 bits per heavy atom. The molecule has 2 aromatic carbocycles. The van der Waals surface area contributed by atoms with Gasteiger partial charge in [0.25, 0.3) is 0 Å². The van der Waals surface area contributed by atoms with Crippen molar-refractivity contribution < 1.29 is 4.79 Å². The molecule has 0 aliphatic carbocycles. The fourth-order valence-corrected chi connectivity index (χ4v) is 2.64. The number of aromatic nitrogens is 2. The molecule has 0 fully saturated rings. The summed E-state index contributed by atoms with van der Waals surface area (Å²) in [5.41, 5.74) is 3.15. The normalized spacial score (nSPS) is 10.9. The van der Waals surface area contributed by atoms with E-state index in [-0.39, 0.29) is 5.78 Å². The summed E-state index contributed by atoms with van der Waals surface area (Å²) in [6, 6.07) is 18.2. The van der Waals surface area contributed by atoms with Gasteiger partial charge in [-0.05, 0) is 37.0 Å². The lowest BCUT2D eigenvalue weighted by atomic mass is 10.1. The van der Waals surface area contributed by atoms with Crippen LogP contribution in [0.3, 0.4) is 0 Å². The van der Waals surface area contributed by atoms with Crippen LogP contribution in [0.15, 0.2) is 54.6 Å². The van der Waals surface area contributed by atoms with Gasteiger partial charge in [0.1, 0.15) is 0 Å². The number of hydrogen-bond donors (Lipinski definition) is 1. The van der Waals surface area contributed by atoms with Crippen molar-refractivity contribution in [3.63, 3.8) is 0 Å². The number of Topliss-reactive ketones (excluding diaryl/α,β-unsaturated/α-hetero) is 1. The minimum Gasteiger partial charge on any atom is -0.335 e. The van der Waals surface area contributed by atoms with Crippen LogP contribution in [0, 0.1) is 0 Å². The summed E-state index contributed by atoms with van der Waals surface area (Å²) in [6.45, 7) is 0. The zero-order chi connectivity index (χ0) is 15.2. The molecule has 1 aromatic heterocycles. The van der Waals surface area contributed by atoms with Gasteiger partial charge in [-0.3, -0.25) is 4.79 Å². The van der Waals surface area contributed by atoms with E-state index in [1.165, 1.54) is 5.56 Å². The van der Waals surface area contributed by atoms with Crippen LogP contribution in [0.2, 0.25) is 0 Å². The van der Waals surface area contributed by atoms with Gasteiger partial charge in [-0.1, -0.05) is 48.9 Å². The molecule has 0 amide bonds. The largest absolute Gasteiger partial charge is 0.335 e. The van der Waals surface area contributed by atoms with E-state index in [1.807, 2.05) is 30.3 Å². The lowest BCUT2D eigenvalue weighted by Gasteiger charge is -2.01. The van der Waals surface area contributed by atoms with Gasteiger partial charge in [0.15, 0.2) is 11.6 Å². The molecule has 0 saturated heterocycles. The SMILES string of the molecule is O=C(CCCCCc1ccccc1)c1nc2ccccc2[nH]1. The molecule has 0 spiro atoms. The maximum Gasteiger partial charge on any atom is 0.198 e. The number of ketones is 1. The van der Waals surface area contributed by atoms with Crippen LogP contribution in [0.5, 0.6) is 0 Å². The Morgan fingerprint density at radius 1 is 0.909 bits per heavy atom.